The van der Waals surface area contributed by atoms with Crippen LogP contribution in [0, 0.1) is 12.7 Å². The molecule has 20 heavy (non-hydrogen) atoms. The normalized spacial score (nSPS) is 10.2. The molecule has 2 aromatic rings. The summed E-state index contributed by atoms with van der Waals surface area (Å²) in [4.78, 5) is 11.8. The predicted molar refractivity (Wildman–Crippen MR) is 78.7 cm³/mol. The SMILES string of the molecule is CNC(=O)c1ccc(N)cc1Nc1ccc(C)c(F)c1. The summed E-state index contributed by atoms with van der Waals surface area (Å²) in [6.07, 6.45) is 0. The van der Waals surface area contributed by atoms with Crippen LogP contribution >= 0.6 is 0 Å². The average Bonchev–Trinajstić information content (AvgIpc) is 2.42. The number of nitrogens with two attached hydrogens (primary N) is 1. The van der Waals surface area contributed by atoms with E-state index in [1.807, 2.05) is 0 Å². The first-order valence-electron chi connectivity index (χ1n) is 6.16. The van der Waals surface area contributed by atoms with E-state index in [1.165, 1.54) is 6.07 Å². The first-order valence-corrected chi connectivity index (χ1v) is 6.16. The average molecular weight is 273 g/mol. The van der Waals surface area contributed by atoms with Crippen molar-refractivity contribution in [1.29, 1.82) is 0 Å². The summed E-state index contributed by atoms with van der Waals surface area (Å²) in [6.45, 7) is 1.69. The van der Waals surface area contributed by atoms with Crippen molar-refractivity contribution in [2.45, 2.75) is 6.92 Å². The van der Waals surface area contributed by atoms with Gasteiger partial charge in [-0.3, -0.25) is 4.79 Å². The molecule has 104 valence electrons. The van der Waals surface area contributed by atoms with Crippen LogP contribution in [0.25, 0.3) is 0 Å². The second kappa shape index (κ2) is 5.61. The number of carbonyl (C=O) groups is 1. The molecule has 0 fully saturated rings. The number of halogens is 1. The number of nitrogen functional groups attached to an aromatic ring is 1. The van der Waals surface area contributed by atoms with Gasteiger partial charge >= 0.3 is 0 Å². The van der Waals surface area contributed by atoms with Gasteiger partial charge in [0.25, 0.3) is 5.91 Å². The molecule has 4 nitrogen and oxygen atoms in total. The maximum Gasteiger partial charge on any atom is 0.253 e. The summed E-state index contributed by atoms with van der Waals surface area (Å²) in [7, 11) is 1.55. The standard InChI is InChI=1S/C15H16FN3O/c1-9-3-5-11(8-13(9)16)19-14-7-10(17)4-6-12(14)15(20)18-2/h3-8,19H,17H2,1-2H3,(H,18,20). The van der Waals surface area contributed by atoms with Gasteiger partial charge in [0.1, 0.15) is 5.82 Å². The van der Waals surface area contributed by atoms with Crippen molar-refractivity contribution >= 4 is 23.0 Å². The fraction of sp³-hybridized carbons (Fsp3) is 0.133. The van der Waals surface area contributed by atoms with Gasteiger partial charge in [0.15, 0.2) is 0 Å². The summed E-state index contributed by atoms with van der Waals surface area (Å²) in [5.74, 6) is -0.541. The maximum absolute atomic E-state index is 13.5. The molecule has 0 unspecified atom stereocenters. The molecule has 0 aliphatic heterocycles. The lowest BCUT2D eigenvalue weighted by molar-refractivity contribution is 0.0964. The van der Waals surface area contributed by atoms with Gasteiger partial charge in [-0.2, -0.15) is 0 Å². The van der Waals surface area contributed by atoms with E-state index in [2.05, 4.69) is 10.6 Å². The van der Waals surface area contributed by atoms with Gasteiger partial charge in [-0.15, -0.1) is 0 Å². The van der Waals surface area contributed by atoms with Gasteiger partial charge in [-0.05, 0) is 42.8 Å². The van der Waals surface area contributed by atoms with E-state index in [-0.39, 0.29) is 11.7 Å². The van der Waals surface area contributed by atoms with Gasteiger partial charge in [0.2, 0.25) is 0 Å². The molecular weight excluding hydrogens is 257 g/mol. The lowest BCUT2D eigenvalue weighted by atomic mass is 10.1. The van der Waals surface area contributed by atoms with Crippen molar-refractivity contribution in [2.75, 3.05) is 18.1 Å². The molecule has 0 aliphatic rings. The zero-order valence-corrected chi connectivity index (χ0v) is 11.3. The third-order valence-electron chi connectivity index (χ3n) is 2.97. The quantitative estimate of drug-likeness (QED) is 0.753. The van der Waals surface area contributed by atoms with E-state index in [9.17, 15) is 9.18 Å². The Morgan fingerprint density at radius 2 is 1.95 bits per heavy atom. The first kappa shape index (κ1) is 13.9. The Labute approximate surface area is 116 Å². The van der Waals surface area contributed by atoms with Crippen LogP contribution in [0.1, 0.15) is 15.9 Å². The van der Waals surface area contributed by atoms with Crippen LogP contribution in [0.4, 0.5) is 21.5 Å². The van der Waals surface area contributed by atoms with Gasteiger partial charge in [0.05, 0.1) is 11.3 Å². The molecule has 5 heteroatoms. The molecule has 2 rings (SSSR count). The van der Waals surface area contributed by atoms with E-state index in [1.54, 1.807) is 44.3 Å². The van der Waals surface area contributed by atoms with Gasteiger partial charge in [-0.25, -0.2) is 4.39 Å². The number of carbonyl (C=O) groups excluding carboxylic acids is 1. The maximum atomic E-state index is 13.5. The van der Waals surface area contributed by atoms with Crippen LogP contribution in [0.3, 0.4) is 0 Å². The molecule has 0 heterocycles. The molecule has 0 aliphatic carbocycles. The number of benzene rings is 2. The molecular formula is C15H16FN3O. The smallest absolute Gasteiger partial charge is 0.253 e. The summed E-state index contributed by atoms with van der Waals surface area (Å²) < 4.78 is 13.5. The van der Waals surface area contributed by atoms with Crippen LogP contribution in [0.2, 0.25) is 0 Å². The Balaban J connectivity index is 2.38. The minimum Gasteiger partial charge on any atom is -0.399 e. The predicted octanol–water partition coefficient (Wildman–Crippen LogP) is 2.82. The van der Waals surface area contributed by atoms with E-state index in [4.69, 9.17) is 5.73 Å². The highest BCUT2D eigenvalue weighted by Gasteiger charge is 2.11. The highest BCUT2D eigenvalue weighted by molar-refractivity contribution is 6.00. The fourth-order valence-electron chi connectivity index (χ4n) is 1.82. The molecule has 0 bridgehead atoms. The Morgan fingerprint density at radius 1 is 1.20 bits per heavy atom. The summed E-state index contributed by atoms with van der Waals surface area (Å²) in [6, 6.07) is 9.71. The van der Waals surface area contributed by atoms with Gasteiger partial charge in [-0.1, -0.05) is 6.07 Å². The zero-order valence-electron chi connectivity index (χ0n) is 11.3. The zero-order chi connectivity index (χ0) is 14.7. The molecule has 0 aromatic heterocycles. The number of rotatable bonds is 3. The van der Waals surface area contributed by atoms with E-state index < -0.39 is 0 Å². The minimum atomic E-state index is -0.305. The number of aryl methyl sites for hydroxylation is 1. The van der Waals surface area contributed by atoms with Crippen LogP contribution in [0.15, 0.2) is 36.4 Å². The Kier molecular flexibility index (Phi) is 3.89. The van der Waals surface area contributed by atoms with Gasteiger partial charge < -0.3 is 16.4 Å². The third-order valence-corrected chi connectivity index (χ3v) is 2.97. The summed E-state index contributed by atoms with van der Waals surface area (Å²) in [5, 5.41) is 5.57. The van der Waals surface area contributed by atoms with Crippen LogP contribution < -0.4 is 16.4 Å². The highest BCUT2D eigenvalue weighted by Crippen LogP contribution is 2.24. The second-order valence-corrected chi connectivity index (χ2v) is 4.47. The molecule has 2 aromatic carbocycles. The largest absolute Gasteiger partial charge is 0.399 e. The molecule has 1 amide bonds. The fourth-order valence-corrected chi connectivity index (χ4v) is 1.82. The van der Waals surface area contributed by atoms with Crippen molar-refractivity contribution in [3.05, 3.63) is 53.3 Å². The van der Waals surface area contributed by atoms with Crippen molar-refractivity contribution in [3.63, 3.8) is 0 Å². The van der Waals surface area contributed by atoms with Crippen molar-refractivity contribution in [3.8, 4) is 0 Å². The highest BCUT2D eigenvalue weighted by atomic mass is 19.1. The number of hydrogen-bond donors (Lipinski definition) is 3. The minimum absolute atomic E-state index is 0.236. The summed E-state index contributed by atoms with van der Waals surface area (Å²) in [5.41, 5.74) is 8.36. The van der Waals surface area contributed by atoms with E-state index in [0.717, 1.165) is 0 Å². The third kappa shape index (κ3) is 2.88. The van der Waals surface area contributed by atoms with Crippen LogP contribution in [-0.4, -0.2) is 13.0 Å². The van der Waals surface area contributed by atoms with Crippen molar-refractivity contribution in [2.24, 2.45) is 0 Å². The van der Waals surface area contributed by atoms with Gasteiger partial charge in [0, 0.05) is 18.4 Å². The van der Waals surface area contributed by atoms with Crippen molar-refractivity contribution < 1.29 is 9.18 Å². The Morgan fingerprint density at radius 3 is 2.60 bits per heavy atom. The van der Waals surface area contributed by atoms with E-state index >= 15 is 0 Å². The lowest BCUT2D eigenvalue weighted by Crippen LogP contribution is -2.19. The van der Waals surface area contributed by atoms with Crippen molar-refractivity contribution in [1.82, 2.24) is 5.32 Å². The number of anilines is 3. The number of amides is 1. The lowest BCUT2D eigenvalue weighted by Gasteiger charge is -2.12. The summed E-state index contributed by atoms with van der Waals surface area (Å²) >= 11 is 0. The molecule has 0 atom stereocenters. The second-order valence-electron chi connectivity index (χ2n) is 4.47. The molecule has 4 N–H and O–H groups in total. The topological polar surface area (TPSA) is 67.2 Å². The molecule has 0 saturated heterocycles. The molecule has 0 spiro atoms. The van der Waals surface area contributed by atoms with E-state index in [0.29, 0.717) is 28.2 Å². The van der Waals surface area contributed by atoms with Crippen LogP contribution in [0.5, 0.6) is 0 Å². The molecule has 0 saturated carbocycles. The Hall–Kier alpha value is -2.56. The Bertz CT molecular complexity index is 656. The first-order chi connectivity index (χ1) is 9.51. The number of nitrogens with one attached hydrogen (secondary N) is 2. The molecule has 0 radical (unpaired) electrons. The van der Waals surface area contributed by atoms with Crippen LogP contribution in [-0.2, 0) is 0 Å². The number of hydrogen-bond acceptors (Lipinski definition) is 3. The monoisotopic (exact) mass is 273 g/mol.